The third kappa shape index (κ3) is 4.25. The first-order chi connectivity index (χ1) is 7.52. The summed E-state index contributed by atoms with van der Waals surface area (Å²) in [5, 5.41) is 0. The van der Waals surface area contributed by atoms with Crippen LogP contribution in [0.2, 0.25) is 0 Å². The van der Waals surface area contributed by atoms with E-state index in [0.29, 0.717) is 12.7 Å². The summed E-state index contributed by atoms with van der Waals surface area (Å²) in [5.41, 5.74) is 0. The molecule has 0 heterocycles. The predicted octanol–water partition coefficient (Wildman–Crippen LogP) is 3.44. The average Bonchev–Trinajstić information content (AvgIpc) is 2.23. The minimum atomic E-state index is 0.151. The third-order valence-corrected chi connectivity index (χ3v) is 3.76. The monoisotopic (exact) mass is 226 g/mol. The first-order valence-corrected chi connectivity index (χ1v) is 6.67. The average molecular weight is 226 g/mol. The Morgan fingerprint density at radius 3 is 2.31 bits per heavy atom. The van der Waals surface area contributed by atoms with Gasteiger partial charge in [-0.1, -0.05) is 27.7 Å². The Morgan fingerprint density at radius 1 is 1.25 bits per heavy atom. The second kappa shape index (κ2) is 6.39. The lowest BCUT2D eigenvalue weighted by atomic mass is 9.82. The fraction of sp³-hybridized carbons (Fsp3) is 0.929. The van der Waals surface area contributed by atoms with Crippen molar-refractivity contribution >= 4 is 5.78 Å². The van der Waals surface area contributed by atoms with Crippen molar-refractivity contribution in [3.63, 3.8) is 0 Å². The van der Waals surface area contributed by atoms with Crippen LogP contribution in [0.3, 0.4) is 0 Å². The van der Waals surface area contributed by atoms with Crippen LogP contribution in [-0.2, 0) is 9.53 Å². The molecule has 0 amide bonds. The number of hydrogen-bond donors (Lipinski definition) is 0. The van der Waals surface area contributed by atoms with Crippen molar-refractivity contribution in [1.82, 2.24) is 0 Å². The Hall–Kier alpha value is -0.370. The number of Topliss-reactive ketones (excluding diaryl/α,β-unsaturated/α-hetero) is 1. The van der Waals surface area contributed by atoms with E-state index in [1.54, 1.807) is 0 Å². The highest BCUT2D eigenvalue weighted by Gasteiger charge is 2.25. The summed E-state index contributed by atoms with van der Waals surface area (Å²) in [6.07, 6.45) is 4.78. The van der Waals surface area contributed by atoms with Gasteiger partial charge in [-0.3, -0.25) is 4.79 Å². The normalized spacial score (nSPS) is 32.4. The van der Waals surface area contributed by atoms with Gasteiger partial charge < -0.3 is 4.74 Å². The van der Waals surface area contributed by atoms with Crippen LogP contribution < -0.4 is 0 Å². The van der Waals surface area contributed by atoms with Crippen molar-refractivity contribution in [1.29, 1.82) is 0 Å². The highest BCUT2D eigenvalue weighted by molar-refractivity contribution is 5.81. The van der Waals surface area contributed by atoms with Crippen LogP contribution in [0.1, 0.15) is 53.4 Å². The van der Waals surface area contributed by atoms with E-state index in [0.717, 1.165) is 31.1 Å². The van der Waals surface area contributed by atoms with Gasteiger partial charge in [0.05, 0.1) is 6.10 Å². The number of ether oxygens (including phenoxy) is 1. The lowest BCUT2D eigenvalue weighted by Gasteiger charge is -2.31. The predicted molar refractivity (Wildman–Crippen MR) is 66.4 cm³/mol. The molecule has 2 heteroatoms. The van der Waals surface area contributed by atoms with Crippen LogP contribution in [0.25, 0.3) is 0 Å². The molecule has 0 aromatic rings. The largest absolute Gasteiger partial charge is 0.370 e. The van der Waals surface area contributed by atoms with Crippen molar-refractivity contribution in [3.05, 3.63) is 0 Å². The zero-order chi connectivity index (χ0) is 12.1. The zero-order valence-electron chi connectivity index (χ0n) is 11.2. The maximum absolute atomic E-state index is 11.7. The summed E-state index contributed by atoms with van der Waals surface area (Å²) in [5.74, 6) is 1.90. The molecule has 1 fully saturated rings. The third-order valence-electron chi connectivity index (χ3n) is 3.76. The Morgan fingerprint density at radius 2 is 1.81 bits per heavy atom. The van der Waals surface area contributed by atoms with E-state index in [1.807, 2.05) is 13.8 Å². The molecular weight excluding hydrogens is 200 g/mol. The van der Waals surface area contributed by atoms with Crippen molar-refractivity contribution in [2.45, 2.75) is 59.5 Å². The quantitative estimate of drug-likeness (QED) is 0.717. The number of carbonyl (C=O) groups excluding carboxylic acids is 1. The minimum absolute atomic E-state index is 0.151. The molecule has 3 unspecified atom stereocenters. The van der Waals surface area contributed by atoms with Crippen LogP contribution in [0.15, 0.2) is 0 Å². The molecule has 0 spiro atoms. The van der Waals surface area contributed by atoms with Crippen molar-refractivity contribution in [2.24, 2.45) is 17.8 Å². The molecule has 2 nitrogen and oxygen atoms in total. The van der Waals surface area contributed by atoms with Gasteiger partial charge in [-0.25, -0.2) is 0 Å². The summed E-state index contributed by atoms with van der Waals surface area (Å²) in [6.45, 7) is 8.91. The number of rotatable bonds is 5. The molecule has 3 atom stereocenters. The van der Waals surface area contributed by atoms with Gasteiger partial charge in [-0.15, -0.1) is 0 Å². The van der Waals surface area contributed by atoms with Crippen LogP contribution >= 0.6 is 0 Å². The van der Waals surface area contributed by atoms with E-state index in [-0.39, 0.29) is 11.7 Å². The molecule has 0 N–H and O–H groups in total. The molecule has 0 saturated heterocycles. The lowest BCUT2D eigenvalue weighted by Crippen LogP contribution is -2.29. The summed E-state index contributed by atoms with van der Waals surface area (Å²) in [6, 6.07) is 0. The van der Waals surface area contributed by atoms with Crippen LogP contribution in [-0.4, -0.2) is 18.5 Å². The molecule has 1 aliphatic carbocycles. The summed E-state index contributed by atoms with van der Waals surface area (Å²) in [7, 11) is 0. The second-order valence-corrected chi connectivity index (χ2v) is 5.63. The number of carbonyl (C=O) groups is 1. The molecule has 0 aromatic heterocycles. The molecule has 94 valence electrons. The topological polar surface area (TPSA) is 26.3 Å². The SMILES string of the molecule is CCC(C)C(=O)COC1CC(C)CC(C)C1. The smallest absolute Gasteiger partial charge is 0.161 e. The standard InChI is InChI=1S/C14H26O2/c1-5-12(4)14(15)9-16-13-7-10(2)6-11(3)8-13/h10-13H,5-9H2,1-4H3. The molecule has 0 radical (unpaired) electrons. The Bertz CT molecular complexity index is 215. The maximum atomic E-state index is 11.7. The van der Waals surface area contributed by atoms with Gasteiger partial charge in [0, 0.05) is 5.92 Å². The molecule has 0 aliphatic heterocycles. The number of ketones is 1. The summed E-state index contributed by atoms with van der Waals surface area (Å²) < 4.78 is 5.76. The van der Waals surface area contributed by atoms with Crippen molar-refractivity contribution < 1.29 is 9.53 Å². The van der Waals surface area contributed by atoms with Crippen molar-refractivity contribution in [2.75, 3.05) is 6.61 Å². The molecule has 0 bridgehead atoms. The molecule has 0 aromatic carbocycles. The minimum Gasteiger partial charge on any atom is -0.370 e. The lowest BCUT2D eigenvalue weighted by molar-refractivity contribution is -0.130. The van der Waals surface area contributed by atoms with Gasteiger partial charge in [0.15, 0.2) is 5.78 Å². The molecule has 1 rings (SSSR count). The first-order valence-electron chi connectivity index (χ1n) is 6.67. The highest BCUT2D eigenvalue weighted by Crippen LogP contribution is 2.30. The van der Waals surface area contributed by atoms with Crippen LogP contribution in [0.4, 0.5) is 0 Å². The van der Waals surface area contributed by atoms with Gasteiger partial charge in [-0.05, 0) is 37.5 Å². The van der Waals surface area contributed by atoms with E-state index in [9.17, 15) is 4.79 Å². The van der Waals surface area contributed by atoms with E-state index in [1.165, 1.54) is 6.42 Å². The van der Waals surface area contributed by atoms with Gasteiger partial charge in [0.2, 0.25) is 0 Å². The van der Waals surface area contributed by atoms with E-state index in [2.05, 4.69) is 13.8 Å². The second-order valence-electron chi connectivity index (χ2n) is 5.63. The van der Waals surface area contributed by atoms with E-state index < -0.39 is 0 Å². The Balaban J connectivity index is 2.29. The van der Waals surface area contributed by atoms with Crippen LogP contribution in [0.5, 0.6) is 0 Å². The van der Waals surface area contributed by atoms with E-state index in [4.69, 9.17) is 4.74 Å². The van der Waals surface area contributed by atoms with Gasteiger partial charge >= 0.3 is 0 Å². The van der Waals surface area contributed by atoms with Crippen molar-refractivity contribution in [3.8, 4) is 0 Å². The van der Waals surface area contributed by atoms with Gasteiger partial charge in [-0.2, -0.15) is 0 Å². The van der Waals surface area contributed by atoms with E-state index >= 15 is 0 Å². The van der Waals surface area contributed by atoms with Crippen LogP contribution in [0, 0.1) is 17.8 Å². The fourth-order valence-electron chi connectivity index (χ4n) is 2.58. The Kier molecular flexibility index (Phi) is 5.47. The Labute approximate surface area is 99.8 Å². The molecule has 1 saturated carbocycles. The molecular formula is C14H26O2. The number of hydrogen-bond acceptors (Lipinski definition) is 2. The highest BCUT2D eigenvalue weighted by atomic mass is 16.5. The maximum Gasteiger partial charge on any atom is 0.161 e. The molecule has 1 aliphatic rings. The molecule has 16 heavy (non-hydrogen) atoms. The summed E-state index contributed by atoms with van der Waals surface area (Å²) in [4.78, 5) is 11.7. The first kappa shape index (κ1) is 13.7. The zero-order valence-corrected chi connectivity index (χ0v) is 11.2. The van der Waals surface area contributed by atoms with Gasteiger partial charge in [0.25, 0.3) is 0 Å². The van der Waals surface area contributed by atoms with Gasteiger partial charge in [0.1, 0.15) is 6.61 Å². The summed E-state index contributed by atoms with van der Waals surface area (Å²) >= 11 is 0. The fourth-order valence-corrected chi connectivity index (χ4v) is 2.58.